The van der Waals surface area contributed by atoms with Crippen LogP contribution in [0.4, 0.5) is 5.69 Å². The highest BCUT2D eigenvalue weighted by atomic mass is 16.5. The quantitative estimate of drug-likeness (QED) is 0.745. The van der Waals surface area contributed by atoms with Gasteiger partial charge < -0.3 is 9.64 Å². The molecule has 1 aromatic rings. The molecule has 1 fully saturated rings. The summed E-state index contributed by atoms with van der Waals surface area (Å²) in [6.45, 7) is 10.9. The molecule has 0 aliphatic carbocycles. The molecular weight excluding hydrogens is 224 g/mol. The zero-order valence-corrected chi connectivity index (χ0v) is 11.3. The van der Waals surface area contributed by atoms with E-state index in [1.165, 1.54) is 0 Å². The number of nitrogens with zero attached hydrogens (tertiary/aromatic N) is 2. The zero-order chi connectivity index (χ0) is 13.2. The van der Waals surface area contributed by atoms with Gasteiger partial charge in [-0.1, -0.05) is 24.3 Å². The van der Waals surface area contributed by atoms with Crippen molar-refractivity contribution in [1.29, 1.82) is 0 Å². The highest BCUT2D eigenvalue weighted by Gasteiger charge is 2.37. The van der Waals surface area contributed by atoms with E-state index in [1.54, 1.807) is 0 Å². The van der Waals surface area contributed by atoms with Crippen LogP contribution in [-0.2, 0) is 4.74 Å². The van der Waals surface area contributed by atoms with Crippen molar-refractivity contribution in [3.63, 3.8) is 0 Å². The molecule has 3 nitrogen and oxygen atoms in total. The van der Waals surface area contributed by atoms with E-state index in [-0.39, 0.29) is 11.6 Å². The molecule has 0 amide bonds. The van der Waals surface area contributed by atoms with Crippen LogP contribution < -0.4 is 0 Å². The molecule has 1 aromatic carbocycles. The Labute approximate surface area is 109 Å². The molecule has 2 rings (SSSR count). The molecule has 3 heteroatoms. The largest absolute Gasteiger partial charge is 0.462 e. The highest BCUT2D eigenvalue weighted by Crippen LogP contribution is 2.26. The molecule has 18 heavy (non-hydrogen) atoms. The van der Waals surface area contributed by atoms with Gasteiger partial charge in [-0.25, -0.2) is 0 Å². The lowest BCUT2D eigenvalue weighted by atomic mass is 10.0. The molecule has 1 atom stereocenters. The van der Waals surface area contributed by atoms with Crippen LogP contribution in [0, 0.1) is 0 Å². The molecule has 1 unspecified atom stereocenters. The fraction of sp³-hybridized carbons (Fsp3) is 0.400. The summed E-state index contributed by atoms with van der Waals surface area (Å²) in [6, 6.07) is 10.7. The summed E-state index contributed by atoms with van der Waals surface area (Å²) >= 11 is 0. The van der Waals surface area contributed by atoms with Crippen LogP contribution in [0.25, 0.3) is 0 Å². The van der Waals surface area contributed by atoms with Gasteiger partial charge >= 0.3 is 0 Å². The average molecular weight is 244 g/mol. The van der Waals surface area contributed by atoms with Gasteiger partial charge in [0.05, 0.1) is 11.7 Å². The van der Waals surface area contributed by atoms with Gasteiger partial charge in [0.15, 0.2) is 0 Å². The Balaban J connectivity index is 2.33. The van der Waals surface area contributed by atoms with E-state index in [1.807, 2.05) is 36.4 Å². The number of hydrogen-bond acceptors (Lipinski definition) is 2. The van der Waals surface area contributed by atoms with E-state index in [9.17, 15) is 0 Å². The molecule has 0 aromatic heterocycles. The third kappa shape index (κ3) is 2.55. The summed E-state index contributed by atoms with van der Waals surface area (Å²) < 4.78 is 5.70. The first kappa shape index (κ1) is 12.7. The van der Waals surface area contributed by atoms with Crippen molar-refractivity contribution in [3.05, 3.63) is 43.0 Å². The van der Waals surface area contributed by atoms with E-state index >= 15 is 0 Å². The lowest BCUT2D eigenvalue weighted by Gasteiger charge is -2.34. The Hall–Kier alpha value is -1.77. The first-order chi connectivity index (χ1) is 8.52. The van der Waals surface area contributed by atoms with Gasteiger partial charge in [-0.05, 0) is 32.9 Å². The van der Waals surface area contributed by atoms with Crippen molar-refractivity contribution in [2.24, 2.45) is 4.99 Å². The van der Waals surface area contributed by atoms with E-state index < -0.39 is 0 Å². The molecule has 0 saturated carbocycles. The van der Waals surface area contributed by atoms with Crippen molar-refractivity contribution in [2.45, 2.75) is 32.4 Å². The Morgan fingerprint density at radius 3 is 2.56 bits per heavy atom. The maximum atomic E-state index is 5.70. The van der Waals surface area contributed by atoms with Gasteiger partial charge in [-0.15, -0.1) is 6.58 Å². The molecule has 0 bridgehead atoms. The Morgan fingerprint density at radius 1 is 1.33 bits per heavy atom. The first-order valence-corrected chi connectivity index (χ1v) is 6.21. The lowest BCUT2D eigenvalue weighted by molar-refractivity contribution is 0.224. The van der Waals surface area contributed by atoms with Gasteiger partial charge in [0.2, 0.25) is 0 Å². The van der Waals surface area contributed by atoms with Crippen LogP contribution in [-0.4, -0.2) is 29.1 Å². The number of hydrogen-bond donors (Lipinski definition) is 0. The van der Waals surface area contributed by atoms with E-state index in [0.29, 0.717) is 12.6 Å². The minimum atomic E-state index is -0.0387. The van der Waals surface area contributed by atoms with Crippen molar-refractivity contribution < 1.29 is 4.74 Å². The van der Waals surface area contributed by atoms with Crippen LogP contribution >= 0.6 is 0 Å². The molecular formula is C15H20N2O. The van der Waals surface area contributed by atoms with Crippen LogP contribution in [0.1, 0.15) is 20.8 Å². The summed E-state index contributed by atoms with van der Waals surface area (Å²) in [4.78, 5) is 6.75. The predicted molar refractivity (Wildman–Crippen MR) is 75.1 cm³/mol. The van der Waals surface area contributed by atoms with Crippen LogP contribution in [0.3, 0.4) is 0 Å². The van der Waals surface area contributed by atoms with Gasteiger partial charge in [0.1, 0.15) is 6.61 Å². The van der Waals surface area contributed by atoms with Crippen molar-refractivity contribution in [3.8, 4) is 0 Å². The number of aliphatic imine (C=N–C) groups is 1. The summed E-state index contributed by atoms with van der Waals surface area (Å²) in [6.07, 6.45) is 1.92. The molecule has 0 N–H and O–H groups in total. The minimum absolute atomic E-state index is 0.0387. The molecule has 0 radical (unpaired) electrons. The molecule has 1 heterocycles. The minimum Gasteiger partial charge on any atom is -0.462 e. The molecule has 0 spiro atoms. The molecule has 96 valence electrons. The second kappa shape index (κ2) is 4.84. The SMILES string of the molecule is C=CC1COC(=Nc2ccccc2)N1C(C)(C)C. The lowest BCUT2D eigenvalue weighted by Crippen LogP contribution is -2.47. The van der Waals surface area contributed by atoms with Crippen molar-refractivity contribution >= 4 is 11.7 Å². The Kier molecular flexibility index (Phi) is 3.41. The maximum absolute atomic E-state index is 5.70. The monoisotopic (exact) mass is 244 g/mol. The number of ether oxygens (including phenoxy) is 1. The first-order valence-electron chi connectivity index (χ1n) is 6.21. The number of benzene rings is 1. The van der Waals surface area contributed by atoms with E-state index in [4.69, 9.17) is 4.74 Å². The Bertz CT molecular complexity index is 445. The zero-order valence-electron chi connectivity index (χ0n) is 11.3. The van der Waals surface area contributed by atoms with E-state index in [2.05, 4.69) is 37.2 Å². The number of amidine groups is 1. The third-order valence-electron chi connectivity index (χ3n) is 2.90. The van der Waals surface area contributed by atoms with Crippen molar-refractivity contribution in [1.82, 2.24) is 4.90 Å². The predicted octanol–water partition coefficient (Wildman–Crippen LogP) is 3.36. The summed E-state index contributed by atoms with van der Waals surface area (Å²) in [5.74, 6) is 0. The highest BCUT2D eigenvalue weighted by molar-refractivity contribution is 5.80. The third-order valence-corrected chi connectivity index (χ3v) is 2.90. The smallest absolute Gasteiger partial charge is 0.293 e. The number of para-hydroxylation sites is 1. The fourth-order valence-electron chi connectivity index (χ4n) is 2.10. The second-order valence-electron chi connectivity index (χ2n) is 5.38. The molecule has 1 aliphatic heterocycles. The van der Waals surface area contributed by atoms with Crippen LogP contribution in [0.15, 0.2) is 48.0 Å². The Morgan fingerprint density at radius 2 is 2.00 bits per heavy atom. The summed E-state index contributed by atoms with van der Waals surface area (Å²) in [5.41, 5.74) is 0.870. The fourth-order valence-corrected chi connectivity index (χ4v) is 2.10. The molecule has 1 saturated heterocycles. The van der Waals surface area contributed by atoms with Crippen molar-refractivity contribution in [2.75, 3.05) is 6.61 Å². The topological polar surface area (TPSA) is 24.8 Å². The summed E-state index contributed by atoms with van der Waals surface area (Å²) in [7, 11) is 0. The maximum Gasteiger partial charge on any atom is 0.293 e. The van der Waals surface area contributed by atoms with Gasteiger partial charge in [-0.3, -0.25) is 0 Å². The van der Waals surface area contributed by atoms with Gasteiger partial charge in [0, 0.05) is 5.54 Å². The number of rotatable bonds is 2. The normalized spacial score (nSPS) is 22.1. The van der Waals surface area contributed by atoms with Gasteiger partial charge in [-0.2, -0.15) is 4.99 Å². The average Bonchev–Trinajstić information content (AvgIpc) is 2.73. The standard InChI is InChI=1S/C15H20N2O/c1-5-13-11-18-14(17(13)15(2,3)4)16-12-9-7-6-8-10-12/h5-10,13H,1,11H2,2-4H3. The van der Waals surface area contributed by atoms with Gasteiger partial charge in [0.25, 0.3) is 6.02 Å². The molecule has 1 aliphatic rings. The second-order valence-corrected chi connectivity index (χ2v) is 5.38. The van der Waals surface area contributed by atoms with E-state index in [0.717, 1.165) is 5.69 Å². The van der Waals surface area contributed by atoms with Crippen LogP contribution in [0.2, 0.25) is 0 Å². The summed E-state index contributed by atoms with van der Waals surface area (Å²) in [5, 5.41) is 0. The van der Waals surface area contributed by atoms with Crippen LogP contribution in [0.5, 0.6) is 0 Å².